The van der Waals surface area contributed by atoms with Crippen LogP contribution in [-0.2, 0) is 4.74 Å². The Hall–Kier alpha value is -1.42. The summed E-state index contributed by atoms with van der Waals surface area (Å²) in [7, 11) is 1.52. The van der Waals surface area contributed by atoms with Gasteiger partial charge in [-0.05, 0) is 23.6 Å². The first-order valence-corrected chi connectivity index (χ1v) is 5.97. The SMILES string of the molecule is COc1ccc(Cl)cc1NC(=O)OCC(C)(C)C. The topological polar surface area (TPSA) is 47.6 Å². The summed E-state index contributed by atoms with van der Waals surface area (Å²) in [6.07, 6.45) is -0.523. The zero-order valence-corrected chi connectivity index (χ0v) is 11.8. The number of hydrogen-bond acceptors (Lipinski definition) is 3. The Morgan fingerprint density at radius 1 is 1.39 bits per heavy atom. The molecular formula is C13H18ClNO3. The van der Waals surface area contributed by atoms with Crippen molar-refractivity contribution in [2.75, 3.05) is 19.0 Å². The van der Waals surface area contributed by atoms with E-state index < -0.39 is 6.09 Å². The van der Waals surface area contributed by atoms with Gasteiger partial charge in [-0.2, -0.15) is 0 Å². The zero-order valence-electron chi connectivity index (χ0n) is 11.0. The number of halogens is 1. The molecule has 0 saturated carbocycles. The standard InChI is InChI=1S/C13H18ClNO3/c1-13(2,3)8-18-12(16)15-10-7-9(14)5-6-11(10)17-4/h5-7H,8H2,1-4H3,(H,15,16). The van der Waals surface area contributed by atoms with Crippen molar-refractivity contribution in [3.63, 3.8) is 0 Å². The predicted octanol–water partition coefficient (Wildman–Crippen LogP) is 3.94. The minimum absolute atomic E-state index is 0.0737. The number of anilines is 1. The molecule has 4 nitrogen and oxygen atoms in total. The third kappa shape index (κ3) is 4.84. The average molecular weight is 272 g/mol. The van der Waals surface area contributed by atoms with E-state index in [-0.39, 0.29) is 5.41 Å². The van der Waals surface area contributed by atoms with Gasteiger partial charge in [-0.1, -0.05) is 32.4 Å². The first kappa shape index (κ1) is 14.6. The number of amides is 1. The molecule has 100 valence electrons. The lowest BCUT2D eigenvalue weighted by Crippen LogP contribution is -2.22. The quantitative estimate of drug-likeness (QED) is 0.906. The van der Waals surface area contributed by atoms with Crippen LogP contribution in [0.1, 0.15) is 20.8 Å². The Bertz CT molecular complexity index is 427. The van der Waals surface area contributed by atoms with Crippen LogP contribution in [0.3, 0.4) is 0 Å². The summed E-state index contributed by atoms with van der Waals surface area (Å²) in [4.78, 5) is 11.6. The minimum atomic E-state index is -0.523. The van der Waals surface area contributed by atoms with Crippen LogP contribution < -0.4 is 10.1 Å². The molecule has 0 fully saturated rings. The number of carbonyl (C=O) groups is 1. The van der Waals surface area contributed by atoms with Gasteiger partial charge in [-0.25, -0.2) is 4.79 Å². The van der Waals surface area contributed by atoms with Gasteiger partial charge in [0, 0.05) is 5.02 Å². The molecule has 0 saturated heterocycles. The van der Waals surface area contributed by atoms with E-state index in [1.54, 1.807) is 18.2 Å². The fraction of sp³-hybridized carbons (Fsp3) is 0.462. The third-order valence-corrected chi connectivity index (χ3v) is 2.27. The highest BCUT2D eigenvalue weighted by Crippen LogP contribution is 2.27. The molecule has 18 heavy (non-hydrogen) atoms. The van der Waals surface area contributed by atoms with E-state index in [0.717, 1.165) is 0 Å². The van der Waals surface area contributed by atoms with E-state index in [1.165, 1.54) is 7.11 Å². The minimum Gasteiger partial charge on any atom is -0.495 e. The fourth-order valence-electron chi connectivity index (χ4n) is 1.21. The van der Waals surface area contributed by atoms with E-state index in [4.69, 9.17) is 21.1 Å². The molecule has 1 aromatic rings. The summed E-state index contributed by atoms with van der Waals surface area (Å²) >= 11 is 5.86. The van der Waals surface area contributed by atoms with Crippen molar-refractivity contribution in [1.82, 2.24) is 0 Å². The lowest BCUT2D eigenvalue weighted by Gasteiger charge is -2.18. The molecule has 5 heteroatoms. The maximum absolute atomic E-state index is 11.6. The van der Waals surface area contributed by atoms with Crippen LogP contribution >= 0.6 is 11.6 Å². The molecule has 0 unspecified atom stereocenters. The summed E-state index contributed by atoms with van der Waals surface area (Å²) in [6.45, 7) is 6.29. The fourth-order valence-corrected chi connectivity index (χ4v) is 1.38. The highest BCUT2D eigenvalue weighted by atomic mass is 35.5. The highest BCUT2D eigenvalue weighted by molar-refractivity contribution is 6.31. The van der Waals surface area contributed by atoms with Crippen molar-refractivity contribution in [3.05, 3.63) is 23.2 Å². The van der Waals surface area contributed by atoms with Crippen LogP contribution in [0.15, 0.2) is 18.2 Å². The van der Waals surface area contributed by atoms with Crippen molar-refractivity contribution >= 4 is 23.4 Å². The van der Waals surface area contributed by atoms with Crippen molar-refractivity contribution in [2.24, 2.45) is 5.41 Å². The molecule has 0 aliphatic carbocycles. The molecule has 0 bridgehead atoms. The molecule has 0 heterocycles. The second kappa shape index (κ2) is 5.96. The number of carbonyl (C=O) groups excluding carboxylic acids is 1. The van der Waals surface area contributed by atoms with E-state index in [9.17, 15) is 4.79 Å². The van der Waals surface area contributed by atoms with Crippen LogP contribution in [0.4, 0.5) is 10.5 Å². The van der Waals surface area contributed by atoms with Crippen molar-refractivity contribution in [1.29, 1.82) is 0 Å². The molecule has 0 aromatic heterocycles. The average Bonchev–Trinajstić information content (AvgIpc) is 2.26. The largest absolute Gasteiger partial charge is 0.495 e. The van der Waals surface area contributed by atoms with Gasteiger partial charge in [-0.3, -0.25) is 5.32 Å². The molecule has 1 aromatic carbocycles. The smallest absolute Gasteiger partial charge is 0.411 e. The van der Waals surface area contributed by atoms with E-state index in [2.05, 4.69) is 5.32 Å². The summed E-state index contributed by atoms with van der Waals surface area (Å²) in [5, 5.41) is 3.12. The van der Waals surface area contributed by atoms with E-state index in [1.807, 2.05) is 20.8 Å². The Kier molecular flexibility index (Phi) is 4.84. The molecule has 0 aliphatic rings. The number of rotatable bonds is 3. The zero-order chi connectivity index (χ0) is 13.8. The molecule has 1 rings (SSSR count). The molecular weight excluding hydrogens is 254 g/mol. The van der Waals surface area contributed by atoms with E-state index >= 15 is 0 Å². The van der Waals surface area contributed by atoms with Crippen molar-refractivity contribution < 1.29 is 14.3 Å². The molecule has 0 radical (unpaired) electrons. The van der Waals surface area contributed by atoms with Gasteiger partial charge in [-0.15, -0.1) is 0 Å². The Morgan fingerprint density at radius 3 is 2.61 bits per heavy atom. The van der Waals surface area contributed by atoms with Crippen LogP contribution in [0.5, 0.6) is 5.75 Å². The Morgan fingerprint density at radius 2 is 2.06 bits per heavy atom. The molecule has 0 atom stereocenters. The van der Waals surface area contributed by atoms with Crippen molar-refractivity contribution in [3.8, 4) is 5.75 Å². The molecule has 0 spiro atoms. The number of hydrogen-bond donors (Lipinski definition) is 1. The summed E-state index contributed by atoms with van der Waals surface area (Å²) in [5.41, 5.74) is 0.416. The Balaban J connectivity index is 2.66. The lowest BCUT2D eigenvalue weighted by atomic mass is 9.99. The molecule has 0 aliphatic heterocycles. The second-order valence-corrected chi connectivity index (χ2v) is 5.54. The monoisotopic (exact) mass is 271 g/mol. The second-order valence-electron chi connectivity index (χ2n) is 5.11. The van der Waals surface area contributed by atoms with Crippen LogP contribution in [0, 0.1) is 5.41 Å². The number of benzene rings is 1. The van der Waals surface area contributed by atoms with Crippen LogP contribution in [0.25, 0.3) is 0 Å². The van der Waals surface area contributed by atoms with Gasteiger partial charge in [0.05, 0.1) is 19.4 Å². The first-order valence-electron chi connectivity index (χ1n) is 5.59. The van der Waals surface area contributed by atoms with Gasteiger partial charge in [0.25, 0.3) is 0 Å². The maximum atomic E-state index is 11.6. The van der Waals surface area contributed by atoms with Gasteiger partial charge in [0.1, 0.15) is 5.75 Å². The van der Waals surface area contributed by atoms with Gasteiger partial charge >= 0.3 is 6.09 Å². The van der Waals surface area contributed by atoms with Crippen molar-refractivity contribution in [2.45, 2.75) is 20.8 Å². The number of ether oxygens (including phenoxy) is 2. The Labute approximate surface area is 112 Å². The first-order chi connectivity index (χ1) is 8.31. The summed E-state index contributed by atoms with van der Waals surface area (Å²) < 4.78 is 10.2. The molecule has 1 N–H and O–H groups in total. The van der Waals surface area contributed by atoms with E-state index in [0.29, 0.717) is 23.1 Å². The van der Waals surface area contributed by atoms with Gasteiger partial charge < -0.3 is 9.47 Å². The summed E-state index contributed by atoms with van der Waals surface area (Å²) in [5.74, 6) is 0.534. The molecule has 1 amide bonds. The normalized spacial score (nSPS) is 10.9. The third-order valence-electron chi connectivity index (χ3n) is 2.03. The number of nitrogens with one attached hydrogen (secondary N) is 1. The predicted molar refractivity (Wildman–Crippen MR) is 72.4 cm³/mol. The maximum Gasteiger partial charge on any atom is 0.411 e. The lowest BCUT2D eigenvalue weighted by molar-refractivity contribution is 0.118. The number of methoxy groups -OCH3 is 1. The van der Waals surface area contributed by atoms with Crippen LogP contribution in [-0.4, -0.2) is 19.8 Å². The summed E-state index contributed by atoms with van der Waals surface area (Å²) in [6, 6.07) is 4.98. The van der Waals surface area contributed by atoms with Gasteiger partial charge in [0.2, 0.25) is 0 Å². The van der Waals surface area contributed by atoms with Gasteiger partial charge in [0.15, 0.2) is 0 Å². The van der Waals surface area contributed by atoms with Crippen LogP contribution in [0.2, 0.25) is 5.02 Å². The highest BCUT2D eigenvalue weighted by Gasteiger charge is 2.15.